The van der Waals surface area contributed by atoms with Crippen LogP contribution in [0.1, 0.15) is 16.0 Å². The summed E-state index contributed by atoms with van der Waals surface area (Å²) >= 11 is 1.90. The van der Waals surface area contributed by atoms with Gasteiger partial charge in [0, 0.05) is 9.58 Å². The Kier molecular flexibility index (Phi) is 2.71. The van der Waals surface area contributed by atoms with Crippen molar-refractivity contribution in [1.29, 1.82) is 0 Å². The first-order valence-electron chi connectivity index (χ1n) is 6.22. The summed E-state index contributed by atoms with van der Waals surface area (Å²) in [6.07, 6.45) is 0. The van der Waals surface area contributed by atoms with E-state index in [-0.39, 0.29) is 0 Å². The Bertz CT molecular complexity index is 705. The predicted octanol–water partition coefficient (Wildman–Crippen LogP) is 5.49. The van der Waals surface area contributed by atoms with E-state index in [9.17, 15) is 0 Å². The second kappa shape index (κ2) is 4.25. The average molecular weight is 252 g/mol. The minimum Gasteiger partial charge on any atom is -0.140 e. The summed E-state index contributed by atoms with van der Waals surface area (Å²) in [7, 11) is 0. The van der Waals surface area contributed by atoms with Gasteiger partial charge in [-0.2, -0.15) is 0 Å². The van der Waals surface area contributed by atoms with Crippen LogP contribution in [-0.2, 0) is 0 Å². The molecule has 0 aliphatic heterocycles. The van der Waals surface area contributed by atoms with E-state index in [1.54, 1.807) is 0 Å². The largest absolute Gasteiger partial charge is 0.140 e. The van der Waals surface area contributed by atoms with Gasteiger partial charge >= 0.3 is 0 Å². The molecule has 1 heterocycles. The smallest absolute Gasteiger partial charge is 0.0383 e. The molecule has 0 N–H and O–H groups in total. The number of fused-ring (bicyclic) bond motifs is 1. The standard InChI is InChI=1S/C17H16S/c1-11-9-16(14-7-5-4-6-8-14)13(3)17-15(11)10-12(2)18-17/h4-10H,1-3H3. The maximum Gasteiger partial charge on any atom is 0.0383 e. The number of benzene rings is 2. The van der Waals surface area contributed by atoms with Crippen LogP contribution in [0, 0.1) is 20.8 Å². The maximum absolute atomic E-state index is 2.32. The summed E-state index contributed by atoms with van der Waals surface area (Å²) < 4.78 is 1.44. The Hall–Kier alpha value is -1.60. The fraction of sp³-hybridized carbons (Fsp3) is 0.176. The Morgan fingerprint density at radius 1 is 0.889 bits per heavy atom. The maximum atomic E-state index is 2.32. The number of rotatable bonds is 1. The van der Waals surface area contributed by atoms with Gasteiger partial charge in [-0.05, 0) is 54.5 Å². The van der Waals surface area contributed by atoms with Gasteiger partial charge in [0.25, 0.3) is 0 Å². The molecular formula is C17H16S. The molecule has 18 heavy (non-hydrogen) atoms. The SMILES string of the molecule is Cc1cc2c(C)cc(-c3ccccc3)c(C)c2s1. The minimum absolute atomic E-state index is 1.31. The Labute approximate surface area is 112 Å². The molecule has 1 heteroatoms. The van der Waals surface area contributed by atoms with E-state index in [2.05, 4.69) is 63.2 Å². The summed E-state index contributed by atoms with van der Waals surface area (Å²) in [6, 6.07) is 15.3. The topological polar surface area (TPSA) is 0 Å². The monoisotopic (exact) mass is 252 g/mol. The van der Waals surface area contributed by atoms with Crippen LogP contribution in [0.2, 0.25) is 0 Å². The van der Waals surface area contributed by atoms with E-state index in [4.69, 9.17) is 0 Å². The first-order valence-corrected chi connectivity index (χ1v) is 7.04. The third kappa shape index (κ3) is 1.75. The van der Waals surface area contributed by atoms with Crippen molar-refractivity contribution in [1.82, 2.24) is 0 Å². The van der Waals surface area contributed by atoms with Crippen LogP contribution < -0.4 is 0 Å². The Balaban J connectivity index is 2.35. The number of hydrogen-bond acceptors (Lipinski definition) is 1. The molecule has 0 unspecified atom stereocenters. The van der Waals surface area contributed by atoms with E-state index in [1.807, 2.05) is 11.3 Å². The highest BCUT2D eigenvalue weighted by Gasteiger charge is 2.10. The van der Waals surface area contributed by atoms with E-state index in [0.717, 1.165) is 0 Å². The molecule has 0 saturated heterocycles. The van der Waals surface area contributed by atoms with Crippen LogP contribution in [-0.4, -0.2) is 0 Å². The molecule has 0 atom stereocenters. The van der Waals surface area contributed by atoms with Crippen LogP contribution in [0.15, 0.2) is 42.5 Å². The summed E-state index contributed by atoms with van der Waals surface area (Å²) in [5, 5.41) is 1.41. The molecule has 0 radical (unpaired) electrons. The zero-order valence-corrected chi connectivity index (χ0v) is 11.8. The normalized spacial score (nSPS) is 11.1. The van der Waals surface area contributed by atoms with Crippen molar-refractivity contribution in [3.8, 4) is 11.1 Å². The van der Waals surface area contributed by atoms with Gasteiger partial charge in [0.05, 0.1) is 0 Å². The van der Waals surface area contributed by atoms with Crippen molar-refractivity contribution in [2.45, 2.75) is 20.8 Å². The molecule has 0 bridgehead atoms. The molecular weight excluding hydrogens is 236 g/mol. The fourth-order valence-electron chi connectivity index (χ4n) is 2.53. The second-order valence-electron chi connectivity index (χ2n) is 4.83. The molecule has 0 amide bonds. The van der Waals surface area contributed by atoms with Crippen LogP contribution in [0.4, 0.5) is 0 Å². The van der Waals surface area contributed by atoms with Gasteiger partial charge < -0.3 is 0 Å². The predicted molar refractivity (Wildman–Crippen MR) is 81.5 cm³/mol. The quantitative estimate of drug-likeness (QED) is 0.537. The van der Waals surface area contributed by atoms with Crippen molar-refractivity contribution >= 4 is 21.4 Å². The van der Waals surface area contributed by atoms with Gasteiger partial charge in [-0.1, -0.05) is 36.4 Å². The Morgan fingerprint density at radius 2 is 1.61 bits per heavy atom. The van der Waals surface area contributed by atoms with Crippen molar-refractivity contribution in [3.63, 3.8) is 0 Å². The van der Waals surface area contributed by atoms with Crippen LogP contribution in [0.25, 0.3) is 21.2 Å². The minimum atomic E-state index is 1.31. The highest BCUT2D eigenvalue weighted by atomic mass is 32.1. The third-order valence-corrected chi connectivity index (χ3v) is 4.64. The average Bonchev–Trinajstić information content (AvgIpc) is 2.78. The molecule has 2 aromatic carbocycles. The Morgan fingerprint density at radius 3 is 2.33 bits per heavy atom. The number of thiophene rings is 1. The summed E-state index contributed by atoms with van der Waals surface area (Å²) in [4.78, 5) is 1.39. The van der Waals surface area contributed by atoms with Gasteiger partial charge in [-0.25, -0.2) is 0 Å². The zero-order valence-electron chi connectivity index (χ0n) is 10.9. The van der Waals surface area contributed by atoms with E-state index < -0.39 is 0 Å². The fourth-order valence-corrected chi connectivity index (χ4v) is 3.62. The third-order valence-electron chi connectivity index (χ3n) is 3.47. The highest BCUT2D eigenvalue weighted by molar-refractivity contribution is 7.19. The molecule has 1 aromatic heterocycles. The summed E-state index contributed by atoms with van der Waals surface area (Å²) in [5.41, 5.74) is 5.45. The molecule has 0 spiro atoms. The molecule has 3 rings (SSSR count). The lowest BCUT2D eigenvalue weighted by molar-refractivity contribution is 1.46. The molecule has 0 nitrogen and oxygen atoms in total. The molecule has 90 valence electrons. The number of hydrogen-bond donors (Lipinski definition) is 0. The first kappa shape index (κ1) is 11.5. The molecule has 0 aliphatic carbocycles. The number of aryl methyl sites for hydroxylation is 3. The van der Waals surface area contributed by atoms with Crippen molar-refractivity contribution in [2.75, 3.05) is 0 Å². The lowest BCUT2D eigenvalue weighted by Crippen LogP contribution is -1.86. The van der Waals surface area contributed by atoms with Gasteiger partial charge in [0.2, 0.25) is 0 Å². The van der Waals surface area contributed by atoms with Gasteiger partial charge in [0.1, 0.15) is 0 Å². The highest BCUT2D eigenvalue weighted by Crippen LogP contribution is 2.36. The zero-order chi connectivity index (χ0) is 12.7. The summed E-state index contributed by atoms with van der Waals surface area (Å²) in [5.74, 6) is 0. The lowest BCUT2D eigenvalue weighted by Gasteiger charge is -2.09. The first-order chi connectivity index (χ1) is 8.66. The summed E-state index contributed by atoms with van der Waals surface area (Å²) in [6.45, 7) is 6.63. The van der Waals surface area contributed by atoms with Crippen LogP contribution in [0.5, 0.6) is 0 Å². The van der Waals surface area contributed by atoms with Crippen molar-refractivity contribution in [3.05, 3.63) is 58.5 Å². The molecule has 0 aliphatic rings. The lowest BCUT2D eigenvalue weighted by atomic mass is 9.96. The molecule has 3 aromatic rings. The van der Waals surface area contributed by atoms with Crippen LogP contribution >= 0.6 is 11.3 Å². The van der Waals surface area contributed by atoms with Crippen molar-refractivity contribution < 1.29 is 0 Å². The van der Waals surface area contributed by atoms with Gasteiger partial charge in [-0.3, -0.25) is 0 Å². The van der Waals surface area contributed by atoms with Gasteiger partial charge in [-0.15, -0.1) is 11.3 Å². The van der Waals surface area contributed by atoms with Crippen LogP contribution in [0.3, 0.4) is 0 Å². The van der Waals surface area contributed by atoms with E-state index in [1.165, 1.54) is 37.2 Å². The van der Waals surface area contributed by atoms with E-state index >= 15 is 0 Å². The van der Waals surface area contributed by atoms with Gasteiger partial charge in [0.15, 0.2) is 0 Å². The van der Waals surface area contributed by atoms with Crippen molar-refractivity contribution in [2.24, 2.45) is 0 Å². The molecule has 0 fully saturated rings. The molecule has 0 saturated carbocycles. The second-order valence-corrected chi connectivity index (χ2v) is 6.09. The van der Waals surface area contributed by atoms with E-state index in [0.29, 0.717) is 0 Å².